The Labute approximate surface area is 112 Å². The lowest BCUT2D eigenvalue weighted by Gasteiger charge is -2.33. The van der Waals surface area contributed by atoms with Crippen LogP contribution >= 0.6 is 0 Å². The van der Waals surface area contributed by atoms with Crippen LogP contribution in [0.1, 0.15) is 17.5 Å². The maximum Gasteiger partial charge on any atom is 0.309 e. The maximum atomic E-state index is 11.4. The van der Waals surface area contributed by atoms with E-state index in [0.29, 0.717) is 12.8 Å². The summed E-state index contributed by atoms with van der Waals surface area (Å²) in [5.74, 6) is -1.41. The summed E-state index contributed by atoms with van der Waals surface area (Å²) in [5.41, 5.74) is 1.37. The van der Waals surface area contributed by atoms with E-state index in [-0.39, 0.29) is 6.54 Å². The summed E-state index contributed by atoms with van der Waals surface area (Å²) >= 11 is 0. The summed E-state index contributed by atoms with van der Waals surface area (Å²) in [6.07, 6.45) is 1.86. The minimum Gasteiger partial charge on any atom is -0.388 e. The van der Waals surface area contributed by atoms with Crippen molar-refractivity contribution in [3.8, 4) is 0 Å². The van der Waals surface area contributed by atoms with E-state index in [2.05, 4.69) is 16.7 Å². The zero-order valence-electron chi connectivity index (χ0n) is 10.9. The fraction of sp³-hybridized carbons (Fsp3) is 0.429. The highest BCUT2D eigenvalue weighted by atomic mass is 16.3. The molecule has 1 atom stereocenters. The molecule has 2 amide bonds. The van der Waals surface area contributed by atoms with E-state index >= 15 is 0 Å². The highest BCUT2D eigenvalue weighted by Gasteiger charge is 2.32. The molecule has 5 heteroatoms. The Bertz CT molecular complexity index is 501. The zero-order valence-corrected chi connectivity index (χ0v) is 10.9. The Morgan fingerprint density at radius 3 is 2.63 bits per heavy atom. The quantitative estimate of drug-likeness (QED) is 0.644. The lowest BCUT2D eigenvalue weighted by atomic mass is 9.80. The molecule has 0 fully saturated rings. The number of hydrogen-bond donors (Lipinski definition) is 3. The fourth-order valence-corrected chi connectivity index (χ4v) is 2.37. The molecule has 1 aliphatic rings. The summed E-state index contributed by atoms with van der Waals surface area (Å²) < 4.78 is 0. The number of nitrogens with one attached hydrogen (secondary N) is 2. The Morgan fingerprint density at radius 1 is 1.26 bits per heavy atom. The van der Waals surface area contributed by atoms with E-state index in [1.807, 2.05) is 18.2 Å². The minimum atomic E-state index is -0.974. The minimum absolute atomic E-state index is 0.0909. The molecular weight excluding hydrogens is 244 g/mol. The lowest BCUT2D eigenvalue weighted by molar-refractivity contribution is -0.139. The number of hydrogen-bond acceptors (Lipinski definition) is 3. The SMILES string of the molecule is CNC(=O)C(=O)NCC1(O)CCc2ccccc2C1. The van der Waals surface area contributed by atoms with Crippen molar-refractivity contribution in [3.05, 3.63) is 35.4 Å². The van der Waals surface area contributed by atoms with Crippen molar-refractivity contribution >= 4 is 11.8 Å². The van der Waals surface area contributed by atoms with E-state index in [1.165, 1.54) is 12.6 Å². The highest BCUT2D eigenvalue weighted by Crippen LogP contribution is 2.28. The number of carbonyl (C=O) groups is 2. The first-order valence-corrected chi connectivity index (χ1v) is 6.33. The molecule has 19 heavy (non-hydrogen) atoms. The number of carbonyl (C=O) groups excluding carboxylic acids is 2. The molecule has 0 heterocycles. The lowest BCUT2D eigenvalue weighted by Crippen LogP contribution is -2.49. The van der Waals surface area contributed by atoms with Gasteiger partial charge in [0.15, 0.2) is 0 Å². The van der Waals surface area contributed by atoms with Crippen molar-refractivity contribution < 1.29 is 14.7 Å². The van der Waals surface area contributed by atoms with Crippen molar-refractivity contribution in [2.45, 2.75) is 24.9 Å². The summed E-state index contributed by atoms with van der Waals surface area (Å²) in [6, 6.07) is 7.96. The molecule has 0 aromatic heterocycles. The van der Waals surface area contributed by atoms with Gasteiger partial charge in [0.2, 0.25) is 0 Å². The molecule has 1 aliphatic carbocycles. The van der Waals surface area contributed by atoms with Crippen LogP contribution in [0, 0.1) is 0 Å². The first-order valence-electron chi connectivity index (χ1n) is 6.33. The van der Waals surface area contributed by atoms with Crippen LogP contribution in [0.2, 0.25) is 0 Å². The van der Waals surface area contributed by atoms with Crippen molar-refractivity contribution in [2.24, 2.45) is 0 Å². The monoisotopic (exact) mass is 262 g/mol. The van der Waals surface area contributed by atoms with Gasteiger partial charge in [0.1, 0.15) is 0 Å². The van der Waals surface area contributed by atoms with Gasteiger partial charge in [0.25, 0.3) is 0 Å². The molecule has 0 radical (unpaired) electrons. The van der Waals surface area contributed by atoms with Gasteiger partial charge in [-0.2, -0.15) is 0 Å². The Balaban J connectivity index is 1.98. The molecule has 0 aliphatic heterocycles. The third-order valence-electron chi connectivity index (χ3n) is 3.51. The molecule has 1 aromatic rings. The van der Waals surface area contributed by atoms with Gasteiger partial charge in [0, 0.05) is 20.0 Å². The van der Waals surface area contributed by atoms with Crippen molar-refractivity contribution in [1.29, 1.82) is 0 Å². The van der Waals surface area contributed by atoms with Gasteiger partial charge in [-0.3, -0.25) is 9.59 Å². The molecule has 0 saturated carbocycles. The zero-order chi connectivity index (χ0) is 13.9. The van der Waals surface area contributed by atoms with Crippen LogP contribution in [0.3, 0.4) is 0 Å². The van der Waals surface area contributed by atoms with E-state index < -0.39 is 17.4 Å². The molecule has 0 saturated heterocycles. The van der Waals surface area contributed by atoms with Crippen molar-refractivity contribution in [1.82, 2.24) is 10.6 Å². The number of rotatable bonds is 2. The molecule has 2 rings (SSSR count). The molecule has 3 N–H and O–H groups in total. The normalized spacial score (nSPS) is 21.4. The second-order valence-electron chi connectivity index (χ2n) is 4.93. The standard InChI is InChI=1S/C14H18N2O3/c1-15-12(17)13(18)16-9-14(19)7-6-10-4-2-3-5-11(10)8-14/h2-5,19H,6-9H2,1H3,(H,15,17)(H,16,18). The Morgan fingerprint density at radius 2 is 1.95 bits per heavy atom. The number of fused-ring (bicyclic) bond motifs is 1. The van der Waals surface area contributed by atoms with Gasteiger partial charge in [0.05, 0.1) is 5.60 Å². The molecular formula is C14H18N2O3. The van der Waals surface area contributed by atoms with Crippen LogP contribution in [-0.4, -0.2) is 36.1 Å². The predicted octanol–water partition coefficient (Wildman–Crippen LogP) is -0.231. The van der Waals surface area contributed by atoms with Crippen molar-refractivity contribution in [2.75, 3.05) is 13.6 Å². The Hall–Kier alpha value is -1.88. The van der Waals surface area contributed by atoms with Gasteiger partial charge >= 0.3 is 11.8 Å². The fourth-order valence-electron chi connectivity index (χ4n) is 2.37. The smallest absolute Gasteiger partial charge is 0.309 e. The van der Waals surface area contributed by atoms with Gasteiger partial charge < -0.3 is 15.7 Å². The van der Waals surface area contributed by atoms with Gasteiger partial charge in [-0.1, -0.05) is 24.3 Å². The summed E-state index contributed by atoms with van der Waals surface area (Å²) in [6.45, 7) is 0.0909. The number of aryl methyl sites for hydroxylation is 1. The second kappa shape index (κ2) is 5.40. The van der Waals surface area contributed by atoms with Gasteiger partial charge in [-0.25, -0.2) is 0 Å². The summed E-state index contributed by atoms with van der Waals surface area (Å²) in [5, 5.41) is 15.2. The van der Waals surface area contributed by atoms with Crippen LogP contribution in [-0.2, 0) is 22.4 Å². The number of aliphatic hydroxyl groups is 1. The van der Waals surface area contributed by atoms with Crippen LogP contribution in [0.4, 0.5) is 0 Å². The highest BCUT2D eigenvalue weighted by molar-refractivity contribution is 6.35. The first-order chi connectivity index (χ1) is 9.04. The Kier molecular flexibility index (Phi) is 3.85. The van der Waals surface area contributed by atoms with Gasteiger partial charge in [-0.15, -0.1) is 0 Å². The summed E-state index contributed by atoms with van der Waals surface area (Å²) in [4.78, 5) is 22.5. The van der Waals surface area contributed by atoms with E-state index in [1.54, 1.807) is 0 Å². The first kappa shape index (κ1) is 13.5. The number of amides is 2. The third kappa shape index (κ3) is 3.12. The van der Waals surface area contributed by atoms with Crippen LogP contribution in [0.5, 0.6) is 0 Å². The number of benzene rings is 1. The van der Waals surface area contributed by atoms with Crippen LogP contribution < -0.4 is 10.6 Å². The van der Waals surface area contributed by atoms with E-state index in [0.717, 1.165) is 12.0 Å². The average molecular weight is 262 g/mol. The van der Waals surface area contributed by atoms with Crippen molar-refractivity contribution in [3.63, 3.8) is 0 Å². The molecule has 1 aromatic carbocycles. The molecule has 102 valence electrons. The largest absolute Gasteiger partial charge is 0.388 e. The van der Waals surface area contributed by atoms with Crippen LogP contribution in [0.15, 0.2) is 24.3 Å². The predicted molar refractivity (Wildman–Crippen MR) is 70.5 cm³/mol. The molecule has 0 spiro atoms. The molecule has 0 bridgehead atoms. The van der Waals surface area contributed by atoms with Gasteiger partial charge in [-0.05, 0) is 24.0 Å². The third-order valence-corrected chi connectivity index (χ3v) is 3.51. The number of likely N-dealkylation sites (N-methyl/N-ethyl adjacent to an activating group) is 1. The topological polar surface area (TPSA) is 78.4 Å². The summed E-state index contributed by atoms with van der Waals surface area (Å²) in [7, 11) is 1.40. The van der Waals surface area contributed by atoms with Crippen LogP contribution in [0.25, 0.3) is 0 Å². The average Bonchev–Trinajstić information content (AvgIpc) is 2.43. The molecule has 5 nitrogen and oxygen atoms in total. The second-order valence-corrected chi connectivity index (χ2v) is 4.93. The molecule has 1 unspecified atom stereocenters. The maximum absolute atomic E-state index is 11.4. The van der Waals surface area contributed by atoms with E-state index in [9.17, 15) is 14.7 Å². The van der Waals surface area contributed by atoms with E-state index in [4.69, 9.17) is 0 Å².